The molecule has 0 fully saturated rings. The molecule has 1 aromatic rings. The summed E-state index contributed by atoms with van der Waals surface area (Å²) in [5, 5.41) is 3.26. The van der Waals surface area contributed by atoms with Crippen molar-refractivity contribution >= 4 is 18.4 Å². The third kappa shape index (κ3) is 2.98. The number of nitrogens with zero attached hydrogens (tertiary/aromatic N) is 1. The molecule has 2 rings (SSSR count). The van der Waals surface area contributed by atoms with E-state index in [9.17, 15) is 4.79 Å². The van der Waals surface area contributed by atoms with E-state index in [1.165, 1.54) is 0 Å². The van der Waals surface area contributed by atoms with E-state index in [1.807, 2.05) is 13.8 Å². The van der Waals surface area contributed by atoms with Gasteiger partial charge in [0.15, 0.2) is 0 Å². The number of H-pyrrole nitrogens is 1. The summed E-state index contributed by atoms with van der Waals surface area (Å²) in [6.07, 6.45) is 0.918. The Balaban J connectivity index is 0.00000144. The van der Waals surface area contributed by atoms with E-state index < -0.39 is 0 Å². The number of aromatic nitrogens is 2. The molecule has 0 aliphatic carbocycles. The van der Waals surface area contributed by atoms with E-state index in [0.717, 1.165) is 30.9 Å². The van der Waals surface area contributed by atoms with Gasteiger partial charge in [0.1, 0.15) is 11.7 Å². The lowest BCUT2D eigenvalue weighted by molar-refractivity contribution is -0.144. The number of ether oxygens (including phenoxy) is 1. The SMILES string of the molecule is CCOC(=O)C(C)c1nc2c([nH]1)CNCC2.Cl. The summed E-state index contributed by atoms with van der Waals surface area (Å²) in [5.41, 5.74) is 2.17. The molecule has 5 nitrogen and oxygen atoms in total. The van der Waals surface area contributed by atoms with Gasteiger partial charge in [-0.05, 0) is 13.8 Å². The average Bonchev–Trinajstić information content (AvgIpc) is 2.71. The molecule has 1 aliphatic heterocycles. The maximum atomic E-state index is 11.6. The van der Waals surface area contributed by atoms with Crippen molar-refractivity contribution in [2.75, 3.05) is 13.2 Å². The first-order valence-electron chi connectivity index (χ1n) is 5.67. The first kappa shape index (κ1) is 14.0. The highest BCUT2D eigenvalue weighted by Crippen LogP contribution is 2.18. The van der Waals surface area contributed by atoms with Crippen LogP contribution >= 0.6 is 12.4 Å². The summed E-state index contributed by atoms with van der Waals surface area (Å²) in [6, 6.07) is 0. The van der Waals surface area contributed by atoms with Gasteiger partial charge in [-0.15, -0.1) is 12.4 Å². The molecular weight excluding hydrogens is 242 g/mol. The lowest BCUT2D eigenvalue weighted by atomic mass is 10.2. The lowest BCUT2D eigenvalue weighted by Gasteiger charge is -2.09. The molecule has 0 bridgehead atoms. The standard InChI is InChI=1S/C11H17N3O2.ClH/c1-3-16-11(15)7(2)10-13-8-4-5-12-6-9(8)14-10;/h7,12H,3-6H2,1-2H3,(H,13,14);1H. The molecule has 0 spiro atoms. The Labute approximate surface area is 107 Å². The number of imidazole rings is 1. The molecule has 6 heteroatoms. The number of hydrogen-bond donors (Lipinski definition) is 2. The van der Waals surface area contributed by atoms with Crippen molar-refractivity contribution in [3.8, 4) is 0 Å². The molecule has 2 heterocycles. The van der Waals surface area contributed by atoms with Gasteiger partial charge in [-0.3, -0.25) is 4.79 Å². The van der Waals surface area contributed by atoms with Crippen molar-refractivity contribution in [1.82, 2.24) is 15.3 Å². The van der Waals surface area contributed by atoms with Crippen molar-refractivity contribution in [3.63, 3.8) is 0 Å². The van der Waals surface area contributed by atoms with E-state index in [4.69, 9.17) is 4.74 Å². The topological polar surface area (TPSA) is 67.0 Å². The summed E-state index contributed by atoms with van der Waals surface area (Å²) in [4.78, 5) is 19.2. The Morgan fingerprint density at radius 3 is 3.00 bits per heavy atom. The number of halogens is 1. The third-order valence-corrected chi connectivity index (χ3v) is 2.77. The van der Waals surface area contributed by atoms with Crippen molar-refractivity contribution in [2.45, 2.75) is 32.7 Å². The van der Waals surface area contributed by atoms with Crippen molar-refractivity contribution in [2.24, 2.45) is 0 Å². The van der Waals surface area contributed by atoms with E-state index in [-0.39, 0.29) is 24.3 Å². The van der Waals surface area contributed by atoms with Crippen LogP contribution in [0.5, 0.6) is 0 Å². The third-order valence-electron chi connectivity index (χ3n) is 2.77. The predicted molar refractivity (Wildman–Crippen MR) is 66.3 cm³/mol. The van der Waals surface area contributed by atoms with Crippen molar-refractivity contribution < 1.29 is 9.53 Å². The van der Waals surface area contributed by atoms with Gasteiger partial charge in [0.25, 0.3) is 0 Å². The van der Waals surface area contributed by atoms with Crippen LogP contribution in [-0.2, 0) is 22.5 Å². The van der Waals surface area contributed by atoms with Crippen LogP contribution in [0.25, 0.3) is 0 Å². The molecule has 0 aromatic carbocycles. The predicted octanol–water partition coefficient (Wildman–Crippen LogP) is 1.14. The zero-order chi connectivity index (χ0) is 11.5. The van der Waals surface area contributed by atoms with Gasteiger partial charge in [-0.2, -0.15) is 0 Å². The van der Waals surface area contributed by atoms with Crippen LogP contribution in [0.15, 0.2) is 0 Å². The number of fused-ring (bicyclic) bond motifs is 1. The molecule has 0 amide bonds. The maximum absolute atomic E-state index is 11.6. The lowest BCUT2D eigenvalue weighted by Crippen LogP contribution is -2.23. The molecule has 0 saturated heterocycles. The zero-order valence-corrected chi connectivity index (χ0v) is 10.9. The highest BCUT2D eigenvalue weighted by atomic mass is 35.5. The summed E-state index contributed by atoms with van der Waals surface area (Å²) in [5.74, 6) is 0.180. The molecular formula is C11H18ClN3O2. The number of carbonyl (C=O) groups excluding carboxylic acids is 1. The van der Waals surface area contributed by atoms with Crippen LogP contribution in [0.3, 0.4) is 0 Å². The van der Waals surface area contributed by atoms with Crippen LogP contribution in [-0.4, -0.2) is 29.1 Å². The van der Waals surface area contributed by atoms with E-state index in [1.54, 1.807) is 0 Å². The smallest absolute Gasteiger partial charge is 0.316 e. The molecule has 1 unspecified atom stereocenters. The van der Waals surface area contributed by atoms with Crippen LogP contribution < -0.4 is 5.32 Å². The fourth-order valence-electron chi connectivity index (χ4n) is 1.82. The zero-order valence-electron chi connectivity index (χ0n) is 10.1. The first-order chi connectivity index (χ1) is 7.72. The van der Waals surface area contributed by atoms with E-state index in [2.05, 4.69) is 15.3 Å². The van der Waals surface area contributed by atoms with Crippen LogP contribution in [0.1, 0.15) is 37.0 Å². The number of nitrogens with one attached hydrogen (secondary N) is 2. The van der Waals surface area contributed by atoms with E-state index in [0.29, 0.717) is 12.4 Å². The van der Waals surface area contributed by atoms with Crippen LogP contribution in [0.4, 0.5) is 0 Å². The quantitative estimate of drug-likeness (QED) is 0.799. The van der Waals surface area contributed by atoms with Crippen molar-refractivity contribution in [1.29, 1.82) is 0 Å². The highest BCUT2D eigenvalue weighted by molar-refractivity contribution is 5.85. The normalized spacial score (nSPS) is 15.6. The Kier molecular flexibility index (Phi) is 4.96. The minimum absolute atomic E-state index is 0. The molecule has 0 saturated carbocycles. The van der Waals surface area contributed by atoms with Crippen LogP contribution in [0, 0.1) is 0 Å². The average molecular weight is 260 g/mol. The molecule has 1 aromatic heterocycles. The van der Waals surface area contributed by atoms with Gasteiger partial charge in [-0.25, -0.2) is 4.98 Å². The number of carbonyl (C=O) groups is 1. The Hall–Kier alpha value is -1.07. The summed E-state index contributed by atoms with van der Waals surface area (Å²) in [6.45, 7) is 5.78. The van der Waals surface area contributed by atoms with Gasteiger partial charge in [0, 0.05) is 19.5 Å². The molecule has 17 heavy (non-hydrogen) atoms. The Morgan fingerprint density at radius 2 is 2.35 bits per heavy atom. The minimum Gasteiger partial charge on any atom is -0.465 e. The summed E-state index contributed by atoms with van der Waals surface area (Å²) in [7, 11) is 0. The van der Waals surface area contributed by atoms with Crippen molar-refractivity contribution in [3.05, 3.63) is 17.2 Å². The van der Waals surface area contributed by atoms with E-state index >= 15 is 0 Å². The molecule has 1 atom stereocenters. The number of hydrogen-bond acceptors (Lipinski definition) is 4. The van der Waals surface area contributed by atoms with Gasteiger partial charge >= 0.3 is 5.97 Å². The molecule has 2 N–H and O–H groups in total. The number of aromatic amines is 1. The Bertz CT molecular complexity index is 369. The summed E-state index contributed by atoms with van der Waals surface area (Å²) >= 11 is 0. The highest BCUT2D eigenvalue weighted by Gasteiger charge is 2.22. The molecule has 1 aliphatic rings. The van der Waals surface area contributed by atoms with Gasteiger partial charge < -0.3 is 15.0 Å². The second-order valence-corrected chi connectivity index (χ2v) is 3.95. The second-order valence-electron chi connectivity index (χ2n) is 3.95. The molecule has 96 valence electrons. The minimum atomic E-state index is -0.314. The Morgan fingerprint density at radius 1 is 1.59 bits per heavy atom. The van der Waals surface area contributed by atoms with Crippen LogP contribution in [0.2, 0.25) is 0 Å². The largest absolute Gasteiger partial charge is 0.465 e. The van der Waals surface area contributed by atoms with Gasteiger partial charge in [0.2, 0.25) is 0 Å². The maximum Gasteiger partial charge on any atom is 0.316 e. The monoisotopic (exact) mass is 259 g/mol. The summed E-state index contributed by atoms with van der Waals surface area (Å²) < 4.78 is 4.98. The first-order valence-corrected chi connectivity index (χ1v) is 5.67. The number of rotatable bonds is 3. The fourth-order valence-corrected chi connectivity index (χ4v) is 1.82. The number of esters is 1. The fraction of sp³-hybridized carbons (Fsp3) is 0.636. The van der Waals surface area contributed by atoms with Gasteiger partial charge in [0.05, 0.1) is 18.0 Å². The molecule has 0 radical (unpaired) electrons. The second kappa shape index (κ2) is 6.02. The van der Waals surface area contributed by atoms with Gasteiger partial charge in [-0.1, -0.05) is 0 Å².